The van der Waals surface area contributed by atoms with Gasteiger partial charge < -0.3 is 5.32 Å². The van der Waals surface area contributed by atoms with Crippen LogP contribution in [0, 0.1) is 20.8 Å². The number of likely N-dealkylation sites (N-methyl/N-ethyl adjacent to an activating group) is 1. The molecule has 0 spiro atoms. The summed E-state index contributed by atoms with van der Waals surface area (Å²) in [6.07, 6.45) is 4.77. The van der Waals surface area contributed by atoms with Crippen LogP contribution < -0.4 is 5.32 Å². The smallest absolute Gasteiger partial charge is 0.0366 e. The van der Waals surface area contributed by atoms with E-state index in [0.29, 0.717) is 6.04 Å². The van der Waals surface area contributed by atoms with Gasteiger partial charge in [0.1, 0.15) is 0 Å². The predicted octanol–water partition coefficient (Wildman–Crippen LogP) is 3.90. The van der Waals surface area contributed by atoms with Crippen LogP contribution in [0.25, 0.3) is 0 Å². The van der Waals surface area contributed by atoms with Crippen molar-refractivity contribution in [2.75, 3.05) is 6.54 Å². The highest BCUT2D eigenvalue weighted by molar-refractivity contribution is 5.40. The van der Waals surface area contributed by atoms with Crippen molar-refractivity contribution in [1.82, 2.24) is 10.3 Å². The van der Waals surface area contributed by atoms with Gasteiger partial charge in [0.2, 0.25) is 0 Å². The summed E-state index contributed by atoms with van der Waals surface area (Å²) < 4.78 is 0. The van der Waals surface area contributed by atoms with Crippen LogP contribution in [-0.2, 0) is 6.42 Å². The first-order valence-corrected chi connectivity index (χ1v) is 7.31. The minimum Gasteiger partial charge on any atom is -0.310 e. The Morgan fingerprint density at radius 3 is 2.40 bits per heavy atom. The molecule has 2 rings (SSSR count). The molecule has 0 saturated carbocycles. The van der Waals surface area contributed by atoms with Gasteiger partial charge >= 0.3 is 0 Å². The SMILES string of the molecule is CCNC(Cc1cccnc1)c1c(C)cc(C)cc1C. The summed E-state index contributed by atoms with van der Waals surface area (Å²) in [5.74, 6) is 0. The standard InChI is InChI=1S/C18H24N2/c1-5-20-17(11-16-7-6-8-19-12-16)18-14(3)9-13(2)10-15(18)4/h6-10,12,17,20H,5,11H2,1-4H3. The number of hydrogen-bond donors (Lipinski definition) is 1. The first-order chi connectivity index (χ1) is 9.61. The van der Waals surface area contributed by atoms with Crippen LogP contribution in [-0.4, -0.2) is 11.5 Å². The molecule has 2 nitrogen and oxygen atoms in total. The summed E-state index contributed by atoms with van der Waals surface area (Å²) in [6, 6.07) is 9.06. The van der Waals surface area contributed by atoms with Gasteiger partial charge in [-0.15, -0.1) is 0 Å². The first kappa shape index (κ1) is 14.7. The lowest BCUT2D eigenvalue weighted by molar-refractivity contribution is 0.544. The van der Waals surface area contributed by atoms with E-state index in [-0.39, 0.29) is 0 Å². The molecule has 0 amide bonds. The highest BCUT2D eigenvalue weighted by Gasteiger charge is 2.16. The van der Waals surface area contributed by atoms with Crippen LogP contribution in [0.1, 0.15) is 40.8 Å². The second kappa shape index (κ2) is 6.67. The molecule has 1 atom stereocenters. The second-order valence-electron chi connectivity index (χ2n) is 5.49. The lowest BCUT2D eigenvalue weighted by Crippen LogP contribution is -2.24. The van der Waals surface area contributed by atoms with E-state index in [9.17, 15) is 0 Å². The number of aromatic nitrogens is 1. The van der Waals surface area contributed by atoms with Gasteiger partial charge in [0.15, 0.2) is 0 Å². The number of aryl methyl sites for hydroxylation is 3. The van der Waals surface area contributed by atoms with E-state index in [1.54, 1.807) is 0 Å². The van der Waals surface area contributed by atoms with Crippen molar-refractivity contribution in [3.8, 4) is 0 Å². The average Bonchev–Trinajstić information content (AvgIpc) is 2.39. The monoisotopic (exact) mass is 268 g/mol. The molecule has 0 aliphatic heterocycles. The van der Waals surface area contributed by atoms with E-state index < -0.39 is 0 Å². The Hall–Kier alpha value is -1.67. The fourth-order valence-electron chi connectivity index (χ4n) is 3.02. The van der Waals surface area contributed by atoms with Crippen LogP contribution in [0.15, 0.2) is 36.7 Å². The maximum Gasteiger partial charge on any atom is 0.0366 e. The Bertz CT molecular complexity index is 538. The molecule has 0 fully saturated rings. The zero-order chi connectivity index (χ0) is 14.5. The number of rotatable bonds is 5. The normalized spacial score (nSPS) is 12.4. The van der Waals surface area contributed by atoms with Gasteiger partial charge in [-0.05, 0) is 62.1 Å². The molecule has 20 heavy (non-hydrogen) atoms. The van der Waals surface area contributed by atoms with E-state index in [4.69, 9.17) is 0 Å². The lowest BCUT2D eigenvalue weighted by Gasteiger charge is -2.23. The summed E-state index contributed by atoms with van der Waals surface area (Å²) in [4.78, 5) is 4.22. The van der Waals surface area contributed by atoms with Crippen molar-refractivity contribution in [1.29, 1.82) is 0 Å². The number of hydrogen-bond acceptors (Lipinski definition) is 2. The molecule has 2 aromatic rings. The topological polar surface area (TPSA) is 24.9 Å². The van der Waals surface area contributed by atoms with E-state index in [2.05, 4.69) is 56.2 Å². The molecule has 1 heterocycles. The summed E-state index contributed by atoms with van der Waals surface area (Å²) in [7, 11) is 0. The maximum atomic E-state index is 4.22. The summed E-state index contributed by atoms with van der Waals surface area (Å²) in [5, 5.41) is 3.62. The average molecular weight is 268 g/mol. The molecular weight excluding hydrogens is 244 g/mol. The molecule has 106 valence electrons. The van der Waals surface area contributed by atoms with E-state index in [1.807, 2.05) is 18.5 Å². The Balaban J connectivity index is 2.34. The third-order valence-corrected chi connectivity index (χ3v) is 3.70. The van der Waals surface area contributed by atoms with Crippen LogP contribution >= 0.6 is 0 Å². The van der Waals surface area contributed by atoms with Gasteiger partial charge in [-0.3, -0.25) is 4.98 Å². The highest BCUT2D eigenvalue weighted by atomic mass is 14.9. The zero-order valence-corrected chi connectivity index (χ0v) is 12.9. The van der Waals surface area contributed by atoms with Gasteiger partial charge in [0, 0.05) is 18.4 Å². The third-order valence-electron chi connectivity index (χ3n) is 3.70. The van der Waals surface area contributed by atoms with Gasteiger partial charge in [-0.2, -0.15) is 0 Å². The minimum absolute atomic E-state index is 0.352. The van der Waals surface area contributed by atoms with Crippen molar-refractivity contribution in [3.63, 3.8) is 0 Å². The predicted molar refractivity (Wildman–Crippen MR) is 85.0 cm³/mol. The largest absolute Gasteiger partial charge is 0.310 e. The number of nitrogens with one attached hydrogen (secondary N) is 1. The lowest BCUT2D eigenvalue weighted by atomic mass is 9.90. The van der Waals surface area contributed by atoms with Gasteiger partial charge in [-0.25, -0.2) is 0 Å². The van der Waals surface area contributed by atoms with Crippen molar-refractivity contribution < 1.29 is 0 Å². The van der Waals surface area contributed by atoms with Crippen LogP contribution in [0.5, 0.6) is 0 Å². The molecule has 0 aliphatic rings. The number of benzene rings is 1. The summed E-state index contributed by atoms with van der Waals surface area (Å²) in [6.45, 7) is 9.71. The summed E-state index contributed by atoms with van der Waals surface area (Å²) >= 11 is 0. The van der Waals surface area contributed by atoms with Crippen molar-refractivity contribution >= 4 is 0 Å². The van der Waals surface area contributed by atoms with Gasteiger partial charge in [-0.1, -0.05) is 30.7 Å². The quantitative estimate of drug-likeness (QED) is 0.889. The molecule has 2 heteroatoms. The minimum atomic E-state index is 0.352. The molecule has 0 aliphatic carbocycles. The first-order valence-electron chi connectivity index (χ1n) is 7.31. The van der Waals surface area contributed by atoms with Crippen molar-refractivity contribution in [3.05, 3.63) is 64.5 Å². The van der Waals surface area contributed by atoms with Gasteiger partial charge in [0.05, 0.1) is 0 Å². The van der Waals surface area contributed by atoms with Crippen molar-refractivity contribution in [2.24, 2.45) is 0 Å². The fraction of sp³-hybridized carbons (Fsp3) is 0.389. The van der Waals surface area contributed by atoms with Crippen LogP contribution in [0.2, 0.25) is 0 Å². The molecule has 1 aromatic carbocycles. The molecule has 0 saturated heterocycles. The molecule has 0 radical (unpaired) electrons. The van der Waals surface area contributed by atoms with Crippen LogP contribution in [0.3, 0.4) is 0 Å². The Morgan fingerprint density at radius 1 is 1.15 bits per heavy atom. The third kappa shape index (κ3) is 3.45. The number of nitrogens with zero attached hydrogens (tertiary/aromatic N) is 1. The molecule has 1 aromatic heterocycles. The Kier molecular flexibility index (Phi) is 4.91. The van der Waals surface area contributed by atoms with E-state index >= 15 is 0 Å². The second-order valence-corrected chi connectivity index (χ2v) is 5.49. The van der Waals surface area contributed by atoms with Crippen molar-refractivity contribution in [2.45, 2.75) is 40.2 Å². The molecule has 1 N–H and O–H groups in total. The fourth-order valence-corrected chi connectivity index (χ4v) is 3.02. The van der Waals surface area contributed by atoms with E-state index in [0.717, 1.165) is 13.0 Å². The molecule has 0 bridgehead atoms. The summed E-state index contributed by atoms with van der Waals surface area (Å²) in [5.41, 5.74) is 6.79. The molecule has 1 unspecified atom stereocenters. The highest BCUT2D eigenvalue weighted by Crippen LogP contribution is 2.26. The van der Waals surface area contributed by atoms with Crippen LogP contribution in [0.4, 0.5) is 0 Å². The zero-order valence-electron chi connectivity index (χ0n) is 12.9. The Labute approximate surface area is 122 Å². The molecular formula is C18H24N2. The maximum absolute atomic E-state index is 4.22. The van der Waals surface area contributed by atoms with Gasteiger partial charge in [0.25, 0.3) is 0 Å². The van der Waals surface area contributed by atoms with E-state index in [1.165, 1.54) is 27.8 Å². The number of pyridine rings is 1. The Morgan fingerprint density at radius 2 is 1.85 bits per heavy atom.